The van der Waals surface area contributed by atoms with Crippen LogP contribution in [-0.2, 0) is 4.79 Å². The highest BCUT2D eigenvalue weighted by Gasteiger charge is 2.04. The van der Waals surface area contributed by atoms with E-state index >= 15 is 0 Å². The van der Waals surface area contributed by atoms with Gasteiger partial charge in [0.2, 0.25) is 5.91 Å². The molecule has 94 valence electrons. The number of rotatable bonds is 5. The Morgan fingerprint density at radius 1 is 1.35 bits per heavy atom. The second kappa shape index (κ2) is 6.25. The standard InChI is InChI=1S/C13H20N2O2/c1-10-5-6-11(2)12(9-10)17-8-7-13(16)14-15(3)4/h5-6,9H,7-8H2,1-4H3,(H,14,16). The summed E-state index contributed by atoms with van der Waals surface area (Å²) in [4.78, 5) is 11.4. The minimum Gasteiger partial charge on any atom is -0.493 e. The molecule has 0 bridgehead atoms. The van der Waals surface area contributed by atoms with E-state index in [1.54, 1.807) is 19.1 Å². The van der Waals surface area contributed by atoms with Crippen LogP contribution in [0.4, 0.5) is 0 Å². The van der Waals surface area contributed by atoms with Gasteiger partial charge in [0.15, 0.2) is 0 Å². The van der Waals surface area contributed by atoms with Crippen LogP contribution in [0.15, 0.2) is 18.2 Å². The van der Waals surface area contributed by atoms with Crippen molar-refractivity contribution in [3.63, 3.8) is 0 Å². The van der Waals surface area contributed by atoms with Gasteiger partial charge in [-0.25, -0.2) is 5.01 Å². The van der Waals surface area contributed by atoms with Crippen LogP contribution in [0.1, 0.15) is 17.5 Å². The molecule has 1 rings (SSSR count). The molecule has 0 aliphatic carbocycles. The summed E-state index contributed by atoms with van der Waals surface area (Å²) in [5, 5.41) is 1.63. The second-order valence-electron chi connectivity index (χ2n) is 4.30. The lowest BCUT2D eigenvalue weighted by atomic mass is 10.1. The van der Waals surface area contributed by atoms with Crippen molar-refractivity contribution in [3.05, 3.63) is 29.3 Å². The summed E-state index contributed by atoms with van der Waals surface area (Å²) in [5.74, 6) is 0.808. The molecule has 0 heterocycles. The van der Waals surface area contributed by atoms with Gasteiger partial charge in [0, 0.05) is 14.1 Å². The Morgan fingerprint density at radius 2 is 2.06 bits per heavy atom. The van der Waals surface area contributed by atoms with Crippen LogP contribution in [0.2, 0.25) is 0 Å². The van der Waals surface area contributed by atoms with Gasteiger partial charge in [0.05, 0.1) is 13.0 Å². The third-order valence-electron chi connectivity index (χ3n) is 2.28. The Morgan fingerprint density at radius 3 is 2.71 bits per heavy atom. The van der Waals surface area contributed by atoms with Crippen molar-refractivity contribution in [2.75, 3.05) is 20.7 Å². The van der Waals surface area contributed by atoms with Gasteiger partial charge in [-0.1, -0.05) is 12.1 Å². The maximum absolute atomic E-state index is 11.4. The van der Waals surface area contributed by atoms with E-state index in [4.69, 9.17) is 4.74 Å². The van der Waals surface area contributed by atoms with Crippen LogP contribution in [0.3, 0.4) is 0 Å². The molecule has 0 aliphatic rings. The molecule has 0 aromatic heterocycles. The first-order valence-corrected chi connectivity index (χ1v) is 5.66. The Labute approximate surface area is 103 Å². The first kappa shape index (κ1) is 13.5. The van der Waals surface area contributed by atoms with Crippen LogP contribution in [-0.4, -0.2) is 31.6 Å². The van der Waals surface area contributed by atoms with Gasteiger partial charge in [-0.2, -0.15) is 0 Å². The highest BCUT2D eigenvalue weighted by Crippen LogP contribution is 2.19. The number of nitrogens with zero attached hydrogens (tertiary/aromatic N) is 1. The molecule has 0 radical (unpaired) electrons. The van der Waals surface area contributed by atoms with Crippen LogP contribution in [0, 0.1) is 13.8 Å². The Balaban J connectivity index is 2.40. The Hall–Kier alpha value is -1.55. The first-order chi connectivity index (χ1) is 7.99. The third kappa shape index (κ3) is 4.87. The van der Waals surface area contributed by atoms with Crippen LogP contribution in [0.5, 0.6) is 5.75 Å². The van der Waals surface area contributed by atoms with E-state index in [1.807, 2.05) is 32.0 Å². The number of nitrogens with one attached hydrogen (secondary N) is 1. The predicted octanol–water partition coefficient (Wildman–Crippen LogP) is 1.67. The van der Waals surface area contributed by atoms with Gasteiger partial charge in [0.25, 0.3) is 0 Å². The summed E-state index contributed by atoms with van der Waals surface area (Å²) in [6, 6.07) is 6.05. The number of benzene rings is 1. The molecule has 1 amide bonds. The van der Waals surface area contributed by atoms with Crippen LogP contribution in [0.25, 0.3) is 0 Å². The normalized spacial score (nSPS) is 10.4. The fraction of sp³-hybridized carbons (Fsp3) is 0.462. The van der Waals surface area contributed by atoms with Crippen molar-refractivity contribution in [1.29, 1.82) is 0 Å². The van der Waals surface area contributed by atoms with Gasteiger partial charge >= 0.3 is 0 Å². The molecule has 0 saturated carbocycles. The average Bonchev–Trinajstić information content (AvgIpc) is 2.22. The van der Waals surface area contributed by atoms with E-state index in [1.165, 1.54) is 0 Å². The summed E-state index contributed by atoms with van der Waals surface area (Å²) in [5.41, 5.74) is 4.91. The Bertz CT molecular complexity index is 389. The van der Waals surface area contributed by atoms with Crippen molar-refractivity contribution in [2.24, 2.45) is 0 Å². The maximum atomic E-state index is 11.4. The first-order valence-electron chi connectivity index (χ1n) is 5.66. The van der Waals surface area contributed by atoms with Crippen LogP contribution < -0.4 is 10.2 Å². The van der Waals surface area contributed by atoms with Gasteiger partial charge in [0.1, 0.15) is 5.75 Å². The van der Waals surface area contributed by atoms with Crippen molar-refractivity contribution in [1.82, 2.24) is 10.4 Å². The van der Waals surface area contributed by atoms with Crippen molar-refractivity contribution < 1.29 is 9.53 Å². The molecule has 0 spiro atoms. The number of amides is 1. The molecule has 17 heavy (non-hydrogen) atoms. The van der Waals surface area contributed by atoms with Gasteiger partial charge in [-0.3, -0.25) is 10.2 Å². The van der Waals surface area contributed by atoms with E-state index in [-0.39, 0.29) is 5.91 Å². The summed E-state index contributed by atoms with van der Waals surface area (Å²) in [7, 11) is 3.56. The molecule has 1 aromatic rings. The fourth-order valence-electron chi connectivity index (χ4n) is 1.42. The minimum atomic E-state index is -0.0414. The predicted molar refractivity (Wildman–Crippen MR) is 67.9 cm³/mol. The third-order valence-corrected chi connectivity index (χ3v) is 2.28. The van der Waals surface area contributed by atoms with Gasteiger partial charge < -0.3 is 4.74 Å². The van der Waals surface area contributed by atoms with E-state index in [0.717, 1.165) is 16.9 Å². The summed E-state index contributed by atoms with van der Waals surface area (Å²) in [6.45, 7) is 4.41. The average molecular weight is 236 g/mol. The highest BCUT2D eigenvalue weighted by atomic mass is 16.5. The SMILES string of the molecule is Cc1ccc(C)c(OCCC(=O)NN(C)C)c1. The molecule has 1 N–H and O–H groups in total. The molecule has 0 aliphatic heterocycles. The Kier molecular flexibility index (Phi) is 4.97. The van der Waals surface area contributed by atoms with Crippen LogP contribution >= 0.6 is 0 Å². The molecule has 0 fully saturated rings. The molecule has 0 unspecified atom stereocenters. The van der Waals surface area contributed by atoms with E-state index in [0.29, 0.717) is 13.0 Å². The molecule has 4 nitrogen and oxygen atoms in total. The van der Waals surface area contributed by atoms with E-state index < -0.39 is 0 Å². The number of aryl methyl sites for hydroxylation is 2. The summed E-state index contributed by atoms with van der Waals surface area (Å²) in [6.07, 6.45) is 0.353. The van der Waals surface area contributed by atoms with Crippen molar-refractivity contribution >= 4 is 5.91 Å². The van der Waals surface area contributed by atoms with E-state index in [2.05, 4.69) is 5.43 Å². The number of carbonyl (C=O) groups is 1. The lowest BCUT2D eigenvalue weighted by Crippen LogP contribution is -2.36. The number of hydrogen-bond donors (Lipinski definition) is 1. The molecule has 4 heteroatoms. The summed E-state index contributed by atoms with van der Waals surface area (Å²) >= 11 is 0. The molecule has 0 saturated heterocycles. The zero-order valence-electron chi connectivity index (χ0n) is 10.9. The monoisotopic (exact) mass is 236 g/mol. The zero-order chi connectivity index (χ0) is 12.8. The molecular formula is C13H20N2O2. The molecule has 0 atom stereocenters. The van der Waals surface area contributed by atoms with Gasteiger partial charge in [-0.15, -0.1) is 0 Å². The largest absolute Gasteiger partial charge is 0.493 e. The number of carbonyl (C=O) groups excluding carboxylic acids is 1. The zero-order valence-corrected chi connectivity index (χ0v) is 10.9. The highest BCUT2D eigenvalue weighted by molar-refractivity contribution is 5.75. The summed E-state index contributed by atoms with van der Waals surface area (Å²) < 4.78 is 5.59. The number of ether oxygens (including phenoxy) is 1. The van der Waals surface area contributed by atoms with Crippen molar-refractivity contribution in [3.8, 4) is 5.75 Å². The second-order valence-corrected chi connectivity index (χ2v) is 4.30. The number of hydrazine groups is 1. The molecular weight excluding hydrogens is 216 g/mol. The lowest BCUT2D eigenvalue weighted by Gasteiger charge is -2.13. The lowest BCUT2D eigenvalue weighted by molar-refractivity contribution is -0.125. The smallest absolute Gasteiger partial charge is 0.237 e. The quantitative estimate of drug-likeness (QED) is 0.791. The van der Waals surface area contributed by atoms with Gasteiger partial charge in [-0.05, 0) is 31.0 Å². The number of hydrogen-bond acceptors (Lipinski definition) is 3. The van der Waals surface area contributed by atoms with Crippen molar-refractivity contribution in [2.45, 2.75) is 20.3 Å². The molecule has 1 aromatic carbocycles. The maximum Gasteiger partial charge on any atom is 0.237 e. The minimum absolute atomic E-state index is 0.0414. The fourth-order valence-corrected chi connectivity index (χ4v) is 1.42. The van der Waals surface area contributed by atoms with E-state index in [9.17, 15) is 4.79 Å². The topological polar surface area (TPSA) is 41.6 Å².